The molecule has 1 fully saturated rings. The molecule has 112 valence electrons. The fourth-order valence-corrected chi connectivity index (χ4v) is 2.90. The Hall–Kier alpha value is -2.11. The highest BCUT2D eigenvalue weighted by Crippen LogP contribution is 2.22. The molecule has 1 saturated heterocycles. The minimum Gasteiger partial charge on any atom is -0.335 e. The van der Waals surface area contributed by atoms with E-state index < -0.39 is 0 Å². The number of hydrogen-bond donors (Lipinski definition) is 1. The van der Waals surface area contributed by atoms with Crippen molar-refractivity contribution in [3.63, 3.8) is 0 Å². The molecule has 0 saturated carbocycles. The third-order valence-corrected chi connectivity index (χ3v) is 4.00. The standard InChI is InChI=1S/C15H21N5O/c1-2-4-12-9-14(18-17-12)15(21)19-7-3-5-13(10-19)20-8-6-16-11-20/h6,8-9,11,13H,2-5,7,10H2,1H3,(H,17,18)/t13-/m0/s1. The number of aryl methyl sites for hydroxylation is 1. The zero-order valence-corrected chi connectivity index (χ0v) is 12.3. The molecule has 0 spiro atoms. The molecule has 21 heavy (non-hydrogen) atoms. The van der Waals surface area contributed by atoms with Gasteiger partial charge in [0.05, 0.1) is 12.4 Å². The largest absolute Gasteiger partial charge is 0.335 e. The van der Waals surface area contributed by atoms with Crippen molar-refractivity contribution < 1.29 is 4.79 Å². The van der Waals surface area contributed by atoms with E-state index in [2.05, 4.69) is 26.7 Å². The first-order valence-corrected chi connectivity index (χ1v) is 7.59. The van der Waals surface area contributed by atoms with Crippen LogP contribution >= 0.6 is 0 Å². The molecule has 3 rings (SSSR count). The number of imidazole rings is 1. The van der Waals surface area contributed by atoms with Gasteiger partial charge < -0.3 is 9.47 Å². The molecule has 0 radical (unpaired) electrons. The van der Waals surface area contributed by atoms with E-state index in [0.717, 1.165) is 44.5 Å². The van der Waals surface area contributed by atoms with E-state index in [-0.39, 0.29) is 5.91 Å². The summed E-state index contributed by atoms with van der Waals surface area (Å²) < 4.78 is 2.09. The van der Waals surface area contributed by atoms with Gasteiger partial charge in [-0.25, -0.2) is 4.98 Å². The van der Waals surface area contributed by atoms with Gasteiger partial charge in [-0.3, -0.25) is 9.89 Å². The Morgan fingerprint density at radius 3 is 3.19 bits per heavy atom. The lowest BCUT2D eigenvalue weighted by molar-refractivity contribution is 0.0673. The molecule has 6 nitrogen and oxygen atoms in total. The van der Waals surface area contributed by atoms with Gasteiger partial charge in [0.1, 0.15) is 5.69 Å². The van der Waals surface area contributed by atoms with Gasteiger partial charge in [0.15, 0.2) is 0 Å². The van der Waals surface area contributed by atoms with Crippen molar-refractivity contribution in [2.24, 2.45) is 0 Å². The van der Waals surface area contributed by atoms with Crippen LogP contribution in [-0.2, 0) is 6.42 Å². The molecular formula is C15H21N5O. The normalized spacial score (nSPS) is 18.9. The number of piperidine rings is 1. The summed E-state index contributed by atoms with van der Waals surface area (Å²) in [5.41, 5.74) is 1.56. The Morgan fingerprint density at radius 2 is 2.43 bits per heavy atom. The number of likely N-dealkylation sites (tertiary alicyclic amines) is 1. The smallest absolute Gasteiger partial charge is 0.274 e. The van der Waals surface area contributed by atoms with E-state index >= 15 is 0 Å². The topological polar surface area (TPSA) is 66.8 Å². The number of aromatic nitrogens is 4. The SMILES string of the molecule is CCCc1cc(C(=O)N2CCC[C@H](n3ccnc3)C2)n[nH]1. The highest BCUT2D eigenvalue weighted by atomic mass is 16.2. The van der Waals surface area contributed by atoms with E-state index in [1.807, 2.05) is 23.5 Å². The number of aromatic amines is 1. The summed E-state index contributed by atoms with van der Waals surface area (Å²) in [4.78, 5) is 18.5. The van der Waals surface area contributed by atoms with Gasteiger partial charge >= 0.3 is 0 Å². The van der Waals surface area contributed by atoms with E-state index in [9.17, 15) is 4.79 Å². The fraction of sp³-hybridized carbons (Fsp3) is 0.533. The number of carbonyl (C=O) groups is 1. The van der Waals surface area contributed by atoms with E-state index in [1.165, 1.54) is 0 Å². The number of carbonyl (C=O) groups excluding carboxylic acids is 1. The summed E-state index contributed by atoms with van der Waals surface area (Å²) in [6.07, 6.45) is 9.65. The van der Waals surface area contributed by atoms with Crippen LogP contribution in [0.1, 0.15) is 48.4 Å². The minimum atomic E-state index is 0.0263. The van der Waals surface area contributed by atoms with Gasteiger partial charge in [0.2, 0.25) is 0 Å². The van der Waals surface area contributed by atoms with Crippen molar-refractivity contribution in [1.29, 1.82) is 0 Å². The molecule has 0 aromatic carbocycles. The van der Waals surface area contributed by atoms with E-state index in [4.69, 9.17) is 0 Å². The number of nitrogens with one attached hydrogen (secondary N) is 1. The van der Waals surface area contributed by atoms with Crippen molar-refractivity contribution in [3.05, 3.63) is 36.2 Å². The van der Waals surface area contributed by atoms with Crippen molar-refractivity contribution in [3.8, 4) is 0 Å². The maximum absolute atomic E-state index is 12.6. The molecule has 0 aliphatic carbocycles. The molecular weight excluding hydrogens is 266 g/mol. The quantitative estimate of drug-likeness (QED) is 0.935. The molecule has 0 bridgehead atoms. The molecule has 6 heteroatoms. The van der Waals surface area contributed by atoms with Crippen molar-refractivity contribution in [1.82, 2.24) is 24.6 Å². The Kier molecular flexibility index (Phi) is 4.03. The lowest BCUT2D eigenvalue weighted by Gasteiger charge is -2.32. The summed E-state index contributed by atoms with van der Waals surface area (Å²) in [7, 11) is 0. The molecule has 0 unspecified atom stereocenters. The molecule has 1 aliphatic heterocycles. The van der Waals surface area contributed by atoms with Crippen LogP contribution in [0.2, 0.25) is 0 Å². The van der Waals surface area contributed by atoms with Gasteiger partial charge in [-0.15, -0.1) is 0 Å². The van der Waals surface area contributed by atoms with Gasteiger partial charge in [-0.1, -0.05) is 13.3 Å². The highest BCUT2D eigenvalue weighted by molar-refractivity contribution is 5.92. The van der Waals surface area contributed by atoms with Gasteiger partial charge in [0, 0.05) is 31.2 Å². The molecule has 1 atom stereocenters. The number of hydrogen-bond acceptors (Lipinski definition) is 3. The summed E-state index contributed by atoms with van der Waals surface area (Å²) in [5, 5.41) is 7.12. The van der Waals surface area contributed by atoms with Crippen LogP contribution in [0.4, 0.5) is 0 Å². The van der Waals surface area contributed by atoms with Crippen LogP contribution in [0, 0.1) is 0 Å². The fourth-order valence-electron chi connectivity index (χ4n) is 2.90. The molecule has 1 N–H and O–H groups in total. The molecule has 1 aliphatic rings. The predicted octanol–water partition coefficient (Wildman–Crippen LogP) is 2.04. The predicted molar refractivity (Wildman–Crippen MR) is 79.0 cm³/mol. The Labute approximate surface area is 124 Å². The maximum atomic E-state index is 12.6. The molecule has 1 amide bonds. The first-order chi connectivity index (χ1) is 10.3. The third kappa shape index (κ3) is 2.99. The van der Waals surface area contributed by atoms with Crippen LogP contribution in [0.15, 0.2) is 24.8 Å². The van der Waals surface area contributed by atoms with Crippen molar-refractivity contribution in [2.75, 3.05) is 13.1 Å². The first-order valence-electron chi connectivity index (χ1n) is 7.59. The second-order valence-electron chi connectivity index (χ2n) is 5.59. The Balaban J connectivity index is 1.68. The van der Waals surface area contributed by atoms with Gasteiger partial charge in [-0.05, 0) is 25.3 Å². The average Bonchev–Trinajstić information content (AvgIpc) is 3.18. The van der Waals surface area contributed by atoms with Crippen LogP contribution in [0.3, 0.4) is 0 Å². The number of H-pyrrole nitrogens is 1. The van der Waals surface area contributed by atoms with Crippen molar-refractivity contribution in [2.45, 2.75) is 38.6 Å². The molecule has 2 aromatic rings. The zero-order valence-electron chi connectivity index (χ0n) is 12.3. The van der Waals surface area contributed by atoms with Crippen LogP contribution in [-0.4, -0.2) is 43.6 Å². The van der Waals surface area contributed by atoms with Gasteiger partial charge in [0.25, 0.3) is 5.91 Å². The summed E-state index contributed by atoms with van der Waals surface area (Å²) >= 11 is 0. The summed E-state index contributed by atoms with van der Waals surface area (Å²) in [5.74, 6) is 0.0263. The van der Waals surface area contributed by atoms with Crippen LogP contribution < -0.4 is 0 Å². The molecule has 2 aromatic heterocycles. The number of nitrogens with zero attached hydrogens (tertiary/aromatic N) is 4. The monoisotopic (exact) mass is 287 g/mol. The van der Waals surface area contributed by atoms with E-state index in [0.29, 0.717) is 11.7 Å². The second kappa shape index (κ2) is 6.11. The lowest BCUT2D eigenvalue weighted by atomic mass is 10.1. The minimum absolute atomic E-state index is 0.0263. The van der Waals surface area contributed by atoms with Crippen LogP contribution in [0.5, 0.6) is 0 Å². The Bertz CT molecular complexity index is 589. The summed E-state index contributed by atoms with van der Waals surface area (Å²) in [6.45, 7) is 3.65. The number of rotatable bonds is 4. The summed E-state index contributed by atoms with van der Waals surface area (Å²) in [6, 6.07) is 2.20. The number of amides is 1. The Morgan fingerprint density at radius 1 is 1.52 bits per heavy atom. The van der Waals surface area contributed by atoms with Crippen molar-refractivity contribution >= 4 is 5.91 Å². The first kappa shape index (κ1) is 13.9. The zero-order chi connectivity index (χ0) is 14.7. The maximum Gasteiger partial charge on any atom is 0.274 e. The van der Waals surface area contributed by atoms with E-state index in [1.54, 1.807) is 6.20 Å². The lowest BCUT2D eigenvalue weighted by Crippen LogP contribution is -2.40. The third-order valence-electron chi connectivity index (χ3n) is 4.00. The molecule has 3 heterocycles. The van der Waals surface area contributed by atoms with Gasteiger partial charge in [-0.2, -0.15) is 5.10 Å². The second-order valence-corrected chi connectivity index (χ2v) is 5.59. The highest BCUT2D eigenvalue weighted by Gasteiger charge is 2.26. The average molecular weight is 287 g/mol. The van der Waals surface area contributed by atoms with Crippen LogP contribution in [0.25, 0.3) is 0 Å².